The molecule has 226 valence electrons. The zero-order valence-electron chi connectivity index (χ0n) is 23.6. The summed E-state index contributed by atoms with van der Waals surface area (Å²) in [5.41, 5.74) is 0.627. The highest BCUT2D eigenvalue weighted by atomic mass is 32.1. The summed E-state index contributed by atoms with van der Waals surface area (Å²) in [6.45, 7) is -1.31. The molecule has 0 unspecified atom stereocenters. The first-order valence-corrected chi connectivity index (χ1v) is 14.3. The molecule has 1 saturated carbocycles. The van der Waals surface area contributed by atoms with E-state index in [2.05, 4.69) is 46.8 Å². The van der Waals surface area contributed by atoms with Gasteiger partial charge in [0.1, 0.15) is 11.6 Å². The van der Waals surface area contributed by atoms with Crippen molar-refractivity contribution < 1.29 is 31.5 Å². The number of amides is 1. The minimum absolute atomic E-state index is 0.0504. The molecule has 0 spiro atoms. The minimum atomic E-state index is -4.43. The maximum absolute atomic E-state index is 14.5. The van der Waals surface area contributed by atoms with Crippen LogP contribution < -0.4 is 20.7 Å². The van der Waals surface area contributed by atoms with Gasteiger partial charge in [-0.15, -0.1) is 11.3 Å². The predicted octanol–water partition coefficient (Wildman–Crippen LogP) is 6.56. The molecule has 1 heterocycles. The average Bonchev–Trinajstić information content (AvgIpc) is 3.28. The lowest BCUT2D eigenvalue weighted by Crippen LogP contribution is -2.36. The van der Waals surface area contributed by atoms with E-state index in [1.807, 2.05) is 6.07 Å². The number of fused-ring (bicyclic) bond motifs is 1. The van der Waals surface area contributed by atoms with Crippen LogP contribution >= 0.6 is 11.3 Å². The number of halogens is 5. The lowest BCUT2D eigenvalue weighted by molar-refractivity contribution is -0.126. The second kappa shape index (κ2) is 13.6. The summed E-state index contributed by atoms with van der Waals surface area (Å²) in [6, 6.07) is 8.13. The van der Waals surface area contributed by atoms with Gasteiger partial charge >= 0.3 is 6.18 Å². The maximum Gasteiger partial charge on any atom is 0.393 e. The predicted molar refractivity (Wildman–Crippen MR) is 157 cm³/mol. The Balaban J connectivity index is 1.58. The van der Waals surface area contributed by atoms with Gasteiger partial charge in [-0.2, -0.15) is 13.2 Å². The number of carbonyl (C=O) groups is 1. The van der Waals surface area contributed by atoms with Crippen LogP contribution in [0.2, 0.25) is 0 Å². The Kier molecular flexibility index (Phi) is 10.2. The van der Waals surface area contributed by atoms with E-state index in [0.29, 0.717) is 16.1 Å². The fourth-order valence-electron chi connectivity index (χ4n) is 5.16. The molecule has 1 aromatic heterocycles. The number of anilines is 2. The molecule has 0 aliphatic heterocycles. The van der Waals surface area contributed by atoms with Crippen LogP contribution in [0, 0.1) is 17.7 Å². The summed E-state index contributed by atoms with van der Waals surface area (Å²) in [5, 5.41) is 9.15. The van der Waals surface area contributed by atoms with Crippen molar-refractivity contribution in [2.75, 3.05) is 45.2 Å². The van der Waals surface area contributed by atoms with Crippen LogP contribution in [0.15, 0.2) is 30.3 Å². The monoisotopic (exact) mass is 608 g/mol. The topological polar surface area (TPSA) is 65.6 Å². The van der Waals surface area contributed by atoms with Crippen LogP contribution in [0.25, 0.3) is 10.1 Å². The summed E-state index contributed by atoms with van der Waals surface area (Å²) < 4.78 is 73.8. The largest absolute Gasteiger partial charge is 0.461 e. The van der Waals surface area contributed by atoms with Gasteiger partial charge in [0.15, 0.2) is 0 Å². The van der Waals surface area contributed by atoms with Crippen molar-refractivity contribution in [2.45, 2.75) is 50.4 Å². The molecule has 1 amide bonds. The number of benzene rings is 2. The Hall–Kier alpha value is -3.56. The Morgan fingerprint density at radius 3 is 2.52 bits per heavy atom. The summed E-state index contributed by atoms with van der Waals surface area (Å²) in [4.78, 5) is 14.4. The number of nitrogens with zero attached hydrogens (tertiary/aromatic N) is 1. The van der Waals surface area contributed by atoms with E-state index in [0.717, 1.165) is 43.5 Å². The second-order valence-electron chi connectivity index (χ2n) is 10.3. The van der Waals surface area contributed by atoms with E-state index in [-0.39, 0.29) is 40.0 Å². The number of nitrogens with one attached hydrogen (secondary N) is 3. The number of alkyl halides is 4. The average molecular weight is 609 g/mol. The van der Waals surface area contributed by atoms with Gasteiger partial charge in [-0.1, -0.05) is 24.0 Å². The lowest BCUT2D eigenvalue weighted by Gasteiger charge is -2.33. The highest BCUT2D eigenvalue weighted by Crippen LogP contribution is 2.40. The third-order valence-electron chi connectivity index (χ3n) is 7.30. The highest BCUT2D eigenvalue weighted by Gasteiger charge is 2.31. The van der Waals surface area contributed by atoms with Gasteiger partial charge < -0.3 is 25.6 Å². The molecule has 3 N–H and O–H groups in total. The van der Waals surface area contributed by atoms with Crippen molar-refractivity contribution in [3.63, 3.8) is 0 Å². The third kappa shape index (κ3) is 7.63. The standard InChI is InChI=1S/C30H33F5N4O2S/c1-36-29(40)21-14-26(41-17-31)25(15-23(21)32)37-13-5-8-27-22(16-30(33,34)35)20-6-4-7-24(28(20)42-27)38-18-9-11-19(12-10-18)39(2)3/h4,6-7,14-15,18-19,37-38H,9-13,16-17H2,1-3H3,(H,36,40). The molecule has 4 rings (SSSR count). The Labute approximate surface area is 245 Å². The van der Waals surface area contributed by atoms with Crippen LogP contribution in [0.3, 0.4) is 0 Å². The van der Waals surface area contributed by atoms with Crippen molar-refractivity contribution in [3.05, 3.63) is 52.2 Å². The summed E-state index contributed by atoms with van der Waals surface area (Å²) in [6.07, 6.45) is -1.52. The maximum atomic E-state index is 14.5. The van der Waals surface area contributed by atoms with E-state index in [1.165, 1.54) is 18.4 Å². The van der Waals surface area contributed by atoms with Gasteiger partial charge in [0.2, 0.25) is 6.86 Å². The van der Waals surface area contributed by atoms with Gasteiger partial charge in [-0.05, 0) is 62.9 Å². The van der Waals surface area contributed by atoms with Crippen molar-refractivity contribution in [1.82, 2.24) is 10.2 Å². The molecule has 3 aromatic rings. The molecule has 6 nitrogen and oxygen atoms in total. The van der Waals surface area contributed by atoms with Crippen LogP contribution in [0.5, 0.6) is 5.75 Å². The first-order valence-electron chi connectivity index (χ1n) is 13.5. The molecule has 0 bridgehead atoms. The molecule has 1 fully saturated rings. The normalized spacial score (nSPS) is 17.1. The first-order chi connectivity index (χ1) is 20.0. The van der Waals surface area contributed by atoms with Gasteiger partial charge in [-0.3, -0.25) is 4.79 Å². The molecule has 12 heteroatoms. The fraction of sp³-hybridized carbons (Fsp3) is 0.433. The SMILES string of the molecule is CNC(=O)c1cc(OCF)c(NCC#Cc2sc3c(NC4CCC(N(C)C)CC4)cccc3c2CC(F)(F)F)cc1F. The Morgan fingerprint density at radius 2 is 1.88 bits per heavy atom. The van der Waals surface area contributed by atoms with Crippen molar-refractivity contribution in [3.8, 4) is 17.6 Å². The van der Waals surface area contributed by atoms with Gasteiger partial charge in [0, 0.05) is 25.2 Å². The van der Waals surface area contributed by atoms with Gasteiger partial charge in [-0.25, -0.2) is 8.78 Å². The minimum Gasteiger partial charge on any atom is -0.461 e. The molecule has 0 saturated heterocycles. The van der Waals surface area contributed by atoms with Crippen molar-refractivity contribution >= 4 is 38.7 Å². The smallest absolute Gasteiger partial charge is 0.393 e. The second-order valence-corrected chi connectivity index (χ2v) is 11.3. The van der Waals surface area contributed by atoms with Crippen LogP contribution in [-0.2, 0) is 6.42 Å². The molecular formula is C30H33F5N4O2S. The van der Waals surface area contributed by atoms with Crippen molar-refractivity contribution in [1.29, 1.82) is 0 Å². The fourth-order valence-corrected chi connectivity index (χ4v) is 6.33. The molecule has 0 atom stereocenters. The molecule has 1 aliphatic carbocycles. The molecule has 2 aromatic carbocycles. The Morgan fingerprint density at radius 1 is 1.14 bits per heavy atom. The third-order valence-corrected chi connectivity index (χ3v) is 8.50. The quantitative estimate of drug-likeness (QED) is 0.190. The molecule has 42 heavy (non-hydrogen) atoms. The van der Waals surface area contributed by atoms with E-state index in [9.17, 15) is 26.7 Å². The number of ether oxygens (including phenoxy) is 1. The molecule has 0 radical (unpaired) electrons. The van der Waals surface area contributed by atoms with Crippen LogP contribution in [0.4, 0.5) is 33.3 Å². The number of carbonyl (C=O) groups excluding carboxylic acids is 1. The zero-order valence-corrected chi connectivity index (χ0v) is 24.4. The van der Waals surface area contributed by atoms with Crippen LogP contribution in [0.1, 0.15) is 46.5 Å². The molecule has 1 aliphatic rings. The van der Waals surface area contributed by atoms with E-state index in [4.69, 9.17) is 4.74 Å². The lowest BCUT2D eigenvalue weighted by atomic mass is 9.90. The highest BCUT2D eigenvalue weighted by molar-refractivity contribution is 7.20. The molecular weight excluding hydrogens is 575 g/mol. The number of hydrogen-bond acceptors (Lipinski definition) is 6. The van der Waals surface area contributed by atoms with E-state index < -0.39 is 31.2 Å². The Bertz CT molecular complexity index is 1470. The summed E-state index contributed by atoms with van der Waals surface area (Å²) in [5.74, 6) is 3.98. The summed E-state index contributed by atoms with van der Waals surface area (Å²) >= 11 is 1.20. The van der Waals surface area contributed by atoms with E-state index >= 15 is 0 Å². The number of hydrogen-bond donors (Lipinski definition) is 3. The zero-order chi connectivity index (χ0) is 30.4. The van der Waals surface area contributed by atoms with Crippen LogP contribution in [-0.4, -0.2) is 63.6 Å². The number of rotatable bonds is 9. The van der Waals surface area contributed by atoms with Crippen molar-refractivity contribution in [2.24, 2.45) is 0 Å². The van der Waals surface area contributed by atoms with Gasteiger partial charge in [0.25, 0.3) is 5.91 Å². The first kappa shape index (κ1) is 31.4. The summed E-state index contributed by atoms with van der Waals surface area (Å²) in [7, 11) is 5.47. The van der Waals surface area contributed by atoms with E-state index in [1.54, 1.807) is 12.1 Å². The van der Waals surface area contributed by atoms with Gasteiger partial charge in [0.05, 0.1) is 39.5 Å². The number of thiophene rings is 1.